The second kappa shape index (κ2) is 8.32. The van der Waals surface area contributed by atoms with Crippen molar-refractivity contribution in [3.8, 4) is 0 Å². The van der Waals surface area contributed by atoms with Gasteiger partial charge >= 0.3 is 0 Å². The van der Waals surface area contributed by atoms with Crippen molar-refractivity contribution in [3.63, 3.8) is 0 Å². The van der Waals surface area contributed by atoms with Crippen molar-refractivity contribution in [1.82, 2.24) is 9.88 Å². The van der Waals surface area contributed by atoms with Crippen LogP contribution in [0, 0.1) is 5.92 Å². The molecule has 0 aliphatic rings. The van der Waals surface area contributed by atoms with E-state index in [1.165, 1.54) is 0 Å². The molecule has 0 aliphatic heterocycles. The number of amides is 1. The highest BCUT2D eigenvalue weighted by molar-refractivity contribution is 5.94. The first-order chi connectivity index (χ1) is 11.1. The van der Waals surface area contributed by atoms with Crippen LogP contribution in [0.25, 0.3) is 0 Å². The molecule has 2 rings (SSSR count). The maximum Gasteiger partial charge on any atom is 0.254 e. The SMILES string of the molecule is CC(C)CCNc1cc(C(=O)N(C)Cc2ccccc2)ccn1. The summed E-state index contributed by atoms with van der Waals surface area (Å²) in [6, 6.07) is 13.6. The number of hydrogen-bond acceptors (Lipinski definition) is 3. The number of nitrogens with zero attached hydrogens (tertiary/aromatic N) is 2. The standard InChI is InChI=1S/C19H25N3O/c1-15(2)9-11-20-18-13-17(10-12-21-18)19(23)22(3)14-16-7-5-4-6-8-16/h4-8,10,12-13,15H,9,11,14H2,1-3H3,(H,20,21). The monoisotopic (exact) mass is 311 g/mol. The van der Waals surface area contributed by atoms with Gasteiger partial charge in [0.25, 0.3) is 5.91 Å². The molecule has 1 aromatic carbocycles. The van der Waals surface area contributed by atoms with E-state index < -0.39 is 0 Å². The Balaban J connectivity index is 1.98. The van der Waals surface area contributed by atoms with Gasteiger partial charge in [-0.2, -0.15) is 0 Å². The molecule has 4 heteroatoms. The van der Waals surface area contributed by atoms with E-state index in [-0.39, 0.29) is 5.91 Å². The fourth-order valence-electron chi connectivity index (χ4n) is 2.30. The van der Waals surface area contributed by atoms with Gasteiger partial charge in [0, 0.05) is 31.9 Å². The fourth-order valence-corrected chi connectivity index (χ4v) is 2.30. The molecule has 0 fully saturated rings. The van der Waals surface area contributed by atoms with Crippen LogP contribution in [0.3, 0.4) is 0 Å². The van der Waals surface area contributed by atoms with Crippen molar-refractivity contribution in [2.75, 3.05) is 18.9 Å². The molecule has 0 spiro atoms. The van der Waals surface area contributed by atoms with E-state index >= 15 is 0 Å². The van der Waals surface area contributed by atoms with Gasteiger partial charge in [0.05, 0.1) is 0 Å². The Morgan fingerprint density at radius 2 is 1.96 bits per heavy atom. The first-order valence-corrected chi connectivity index (χ1v) is 8.05. The Labute approximate surface area is 138 Å². The summed E-state index contributed by atoms with van der Waals surface area (Å²) >= 11 is 0. The van der Waals surface area contributed by atoms with Gasteiger partial charge in [-0.25, -0.2) is 4.98 Å². The van der Waals surface area contributed by atoms with Crippen LogP contribution in [-0.4, -0.2) is 29.4 Å². The predicted molar refractivity (Wildman–Crippen MR) is 94.4 cm³/mol. The molecule has 0 aliphatic carbocycles. The van der Waals surface area contributed by atoms with E-state index in [4.69, 9.17) is 0 Å². The molecule has 0 saturated heterocycles. The topological polar surface area (TPSA) is 45.2 Å². The lowest BCUT2D eigenvalue weighted by atomic mass is 10.1. The molecule has 23 heavy (non-hydrogen) atoms. The number of carbonyl (C=O) groups excluding carboxylic acids is 1. The average molecular weight is 311 g/mol. The molecule has 0 saturated carbocycles. The number of anilines is 1. The minimum absolute atomic E-state index is 0.00293. The number of nitrogens with one attached hydrogen (secondary N) is 1. The van der Waals surface area contributed by atoms with E-state index in [9.17, 15) is 4.79 Å². The molecule has 1 heterocycles. The van der Waals surface area contributed by atoms with Crippen molar-refractivity contribution >= 4 is 11.7 Å². The number of benzene rings is 1. The van der Waals surface area contributed by atoms with Crippen molar-refractivity contribution in [3.05, 3.63) is 59.8 Å². The molecule has 4 nitrogen and oxygen atoms in total. The van der Waals surface area contributed by atoms with Crippen molar-refractivity contribution in [2.24, 2.45) is 5.92 Å². The number of rotatable bonds is 7. The normalized spacial score (nSPS) is 10.6. The lowest BCUT2D eigenvalue weighted by Gasteiger charge is -2.18. The summed E-state index contributed by atoms with van der Waals surface area (Å²) in [5.41, 5.74) is 1.78. The molecule has 0 atom stereocenters. The van der Waals surface area contributed by atoms with Gasteiger partial charge in [-0.05, 0) is 30.0 Å². The fraction of sp³-hybridized carbons (Fsp3) is 0.368. The minimum Gasteiger partial charge on any atom is -0.370 e. The summed E-state index contributed by atoms with van der Waals surface area (Å²) in [6.07, 6.45) is 2.76. The zero-order valence-electron chi connectivity index (χ0n) is 14.1. The van der Waals surface area contributed by atoms with E-state index in [1.807, 2.05) is 43.4 Å². The van der Waals surface area contributed by atoms with Crippen LogP contribution in [-0.2, 0) is 6.54 Å². The van der Waals surface area contributed by atoms with E-state index in [0.717, 1.165) is 24.3 Å². The molecule has 2 aromatic rings. The summed E-state index contributed by atoms with van der Waals surface area (Å²) < 4.78 is 0. The molecular weight excluding hydrogens is 286 g/mol. The van der Waals surface area contributed by atoms with Crippen LogP contribution in [0.1, 0.15) is 36.2 Å². The second-order valence-corrected chi connectivity index (χ2v) is 6.19. The van der Waals surface area contributed by atoms with Crippen LogP contribution in [0.15, 0.2) is 48.7 Å². The summed E-state index contributed by atoms with van der Waals surface area (Å²) in [4.78, 5) is 18.6. The van der Waals surface area contributed by atoms with Gasteiger partial charge in [-0.3, -0.25) is 4.79 Å². The van der Waals surface area contributed by atoms with Crippen LogP contribution >= 0.6 is 0 Å². The van der Waals surface area contributed by atoms with Crippen LogP contribution < -0.4 is 5.32 Å². The molecule has 0 bridgehead atoms. The van der Waals surface area contributed by atoms with Crippen molar-refractivity contribution < 1.29 is 4.79 Å². The largest absolute Gasteiger partial charge is 0.370 e. The summed E-state index contributed by atoms with van der Waals surface area (Å²) in [7, 11) is 1.82. The van der Waals surface area contributed by atoms with Gasteiger partial charge in [-0.1, -0.05) is 44.2 Å². The lowest BCUT2D eigenvalue weighted by Crippen LogP contribution is -2.26. The summed E-state index contributed by atoms with van der Waals surface area (Å²) in [5, 5.41) is 3.28. The second-order valence-electron chi connectivity index (χ2n) is 6.19. The third-order valence-corrected chi connectivity index (χ3v) is 3.64. The Hall–Kier alpha value is -2.36. The van der Waals surface area contributed by atoms with Gasteiger partial charge in [-0.15, -0.1) is 0 Å². The average Bonchev–Trinajstić information content (AvgIpc) is 2.55. The molecule has 1 aromatic heterocycles. The Morgan fingerprint density at radius 3 is 2.65 bits per heavy atom. The Morgan fingerprint density at radius 1 is 1.22 bits per heavy atom. The van der Waals surface area contributed by atoms with Crippen LogP contribution in [0.2, 0.25) is 0 Å². The molecule has 1 N–H and O–H groups in total. The zero-order chi connectivity index (χ0) is 16.7. The molecule has 1 amide bonds. The molecule has 122 valence electrons. The first kappa shape index (κ1) is 17.0. The molecule has 0 unspecified atom stereocenters. The van der Waals surface area contributed by atoms with Gasteiger partial charge in [0.2, 0.25) is 0 Å². The highest BCUT2D eigenvalue weighted by Crippen LogP contribution is 2.12. The Kier molecular flexibility index (Phi) is 6.15. The highest BCUT2D eigenvalue weighted by atomic mass is 16.2. The smallest absolute Gasteiger partial charge is 0.254 e. The Bertz CT molecular complexity index is 626. The third-order valence-electron chi connectivity index (χ3n) is 3.64. The van der Waals surface area contributed by atoms with Crippen molar-refractivity contribution in [1.29, 1.82) is 0 Å². The predicted octanol–water partition coefficient (Wildman–Crippen LogP) is 3.81. The summed E-state index contributed by atoms with van der Waals surface area (Å²) in [6.45, 7) is 5.83. The number of hydrogen-bond donors (Lipinski definition) is 1. The lowest BCUT2D eigenvalue weighted by molar-refractivity contribution is 0.0785. The zero-order valence-corrected chi connectivity index (χ0v) is 14.1. The van der Waals surface area contributed by atoms with Gasteiger partial charge in [0.1, 0.15) is 5.82 Å². The van der Waals surface area contributed by atoms with Crippen molar-refractivity contribution in [2.45, 2.75) is 26.8 Å². The molecule has 0 radical (unpaired) electrons. The quantitative estimate of drug-likeness (QED) is 0.845. The third kappa shape index (κ3) is 5.40. The number of carbonyl (C=O) groups is 1. The first-order valence-electron chi connectivity index (χ1n) is 8.05. The van der Waals surface area contributed by atoms with Crippen LogP contribution in [0.4, 0.5) is 5.82 Å². The van der Waals surface area contributed by atoms with Gasteiger partial charge < -0.3 is 10.2 Å². The summed E-state index contributed by atoms with van der Waals surface area (Å²) in [5.74, 6) is 1.40. The van der Waals surface area contributed by atoms with E-state index in [0.29, 0.717) is 18.0 Å². The highest BCUT2D eigenvalue weighted by Gasteiger charge is 2.12. The maximum atomic E-state index is 12.6. The minimum atomic E-state index is 0.00293. The number of aromatic nitrogens is 1. The van der Waals surface area contributed by atoms with E-state index in [2.05, 4.69) is 24.1 Å². The molecular formula is C19H25N3O. The van der Waals surface area contributed by atoms with Crippen LogP contribution in [0.5, 0.6) is 0 Å². The van der Waals surface area contributed by atoms with Gasteiger partial charge in [0.15, 0.2) is 0 Å². The maximum absolute atomic E-state index is 12.6. The number of pyridine rings is 1. The van der Waals surface area contributed by atoms with E-state index in [1.54, 1.807) is 17.2 Å².